The van der Waals surface area contributed by atoms with Crippen molar-refractivity contribution in [1.29, 1.82) is 0 Å². The number of aliphatic hydroxyl groups excluding tert-OH is 1. The van der Waals surface area contributed by atoms with E-state index in [4.69, 9.17) is 4.74 Å². The van der Waals surface area contributed by atoms with Crippen LogP contribution in [-0.4, -0.2) is 11.4 Å². The van der Waals surface area contributed by atoms with Crippen molar-refractivity contribution in [2.45, 2.75) is 58.2 Å². The van der Waals surface area contributed by atoms with E-state index in [1.165, 1.54) is 49.9 Å². The maximum absolute atomic E-state index is 12.7. The van der Waals surface area contributed by atoms with E-state index < -0.39 is 6.29 Å². The second-order valence-electron chi connectivity index (χ2n) is 4.58. The molecule has 1 aromatic carbocycles. The number of ether oxygens (including phenoxy) is 1. The van der Waals surface area contributed by atoms with Gasteiger partial charge in [-0.1, -0.05) is 39.0 Å². The lowest BCUT2D eigenvalue weighted by molar-refractivity contribution is -0.0246. The molecule has 2 nitrogen and oxygen atoms in total. The van der Waals surface area contributed by atoms with Gasteiger partial charge in [-0.05, 0) is 30.7 Å². The highest BCUT2D eigenvalue weighted by atomic mass is 19.1. The first-order valence-corrected chi connectivity index (χ1v) is 6.82. The van der Waals surface area contributed by atoms with Crippen LogP contribution in [0.3, 0.4) is 0 Å². The SMILES string of the molecule is CCCCCCCCC(O)Oc1ccc(F)cc1. The Morgan fingerprint density at radius 2 is 1.67 bits per heavy atom. The average molecular weight is 254 g/mol. The number of aliphatic hydroxyl groups is 1. The largest absolute Gasteiger partial charge is 0.465 e. The molecular weight excluding hydrogens is 231 g/mol. The van der Waals surface area contributed by atoms with Crippen molar-refractivity contribution in [2.75, 3.05) is 0 Å². The minimum Gasteiger partial charge on any atom is -0.465 e. The summed E-state index contributed by atoms with van der Waals surface area (Å²) in [4.78, 5) is 0. The van der Waals surface area contributed by atoms with E-state index in [1.807, 2.05) is 0 Å². The Balaban J connectivity index is 2.10. The second-order valence-corrected chi connectivity index (χ2v) is 4.58. The zero-order valence-electron chi connectivity index (χ0n) is 11.1. The molecule has 1 atom stereocenters. The summed E-state index contributed by atoms with van der Waals surface area (Å²) in [7, 11) is 0. The van der Waals surface area contributed by atoms with Crippen LogP contribution in [0.15, 0.2) is 24.3 Å². The van der Waals surface area contributed by atoms with Crippen LogP contribution >= 0.6 is 0 Å². The van der Waals surface area contributed by atoms with Crippen LogP contribution < -0.4 is 4.74 Å². The molecule has 1 aromatic rings. The molecule has 102 valence electrons. The molecule has 0 bridgehead atoms. The number of rotatable bonds is 9. The Morgan fingerprint density at radius 1 is 1.06 bits per heavy atom. The topological polar surface area (TPSA) is 29.5 Å². The Morgan fingerprint density at radius 3 is 2.33 bits per heavy atom. The highest BCUT2D eigenvalue weighted by Gasteiger charge is 2.05. The minimum atomic E-state index is -0.790. The fraction of sp³-hybridized carbons (Fsp3) is 0.600. The van der Waals surface area contributed by atoms with Gasteiger partial charge in [0.2, 0.25) is 0 Å². The molecule has 0 spiro atoms. The van der Waals surface area contributed by atoms with Gasteiger partial charge < -0.3 is 9.84 Å². The lowest BCUT2D eigenvalue weighted by Gasteiger charge is -2.13. The van der Waals surface area contributed by atoms with Crippen LogP contribution in [0.5, 0.6) is 5.75 Å². The molecule has 0 saturated heterocycles. The first-order chi connectivity index (χ1) is 8.72. The molecule has 0 amide bonds. The molecule has 18 heavy (non-hydrogen) atoms. The summed E-state index contributed by atoms with van der Waals surface area (Å²) in [6, 6.07) is 5.71. The van der Waals surface area contributed by atoms with E-state index in [9.17, 15) is 9.50 Å². The molecule has 0 radical (unpaired) electrons. The van der Waals surface area contributed by atoms with Gasteiger partial charge in [-0.25, -0.2) is 4.39 Å². The summed E-state index contributed by atoms with van der Waals surface area (Å²) >= 11 is 0. The monoisotopic (exact) mass is 254 g/mol. The van der Waals surface area contributed by atoms with Gasteiger partial charge in [0.05, 0.1) is 0 Å². The van der Waals surface area contributed by atoms with Gasteiger partial charge in [-0.15, -0.1) is 0 Å². The van der Waals surface area contributed by atoms with Gasteiger partial charge in [0.1, 0.15) is 11.6 Å². The zero-order valence-corrected chi connectivity index (χ0v) is 11.1. The number of benzene rings is 1. The van der Waals surface area contributed by atoms with Gasteiger partial charge in [0.15, 0.2) is 6.29 Å². The van der Waals surface area contributed by atoms with E-state index in [-0.39, 0.29) is 5.82 Å². The minimum absolute atomic E-state index is 0.298. The van der Waals surface area contributed by atoms with Crippen molar-refractivity contribution in [3.63, 3.8) is 0 Å². The van der Waals surface area contributed by atoms with Crippen molar-refractivity contribution in [1.82, 2.24) is 0 Å². The third kappa shape index (κ3) is 6.60. The average Bonchev–Trinajstić information content (AvgIpc) is 2.36. The lowest BCUT2D eigenvalue weighted by atomic mass is 10.1. The first kappa shape index (κ1) is 15.0. The van der Waals surface area contributed by atoms with E-state index in [0.29, 0.717) is 12.2 Å². The Bertz CT molecular complexity index is 311. The normalized spacial score (nSPS) is 12.4. The third-order valence-corrected chi connectivity index (χ3v) is 2.89. The summed E-state index contributed by atoms with van der Waals surface area (Å²) in [6.45, 7) is 2.19. The maximum atomic E-state index is 12.7. The van der Waals surface area contributed by atoms with E-state index in [1.54, 1.807) is 0 Å². The predicted molar refractivity (Wildman–Crippen MR) is 71.0 cm³/mol. The van der Waals surface area contributed by atoms with Gasteiger partial charge in [-0.2, -0.15) is 0 Å². The van der Waals surface area contributed by atoms with Crippen molar-refractivity contribution in [3.05, 3.63) is 30.1 Å². The maximum Gasteiger partial charge on any atom is 0.197 e. The molecule has 0 aliphatic heterocycles. The smallest absolute Gasteiger partial charge is 0.197 e. The van der Waals surface area contributed by atoms with E-state index in [0.717, 1.165) is 12.8 Å². The molecule has 0 saturated carbocycles. The standard InChI is InChI=1S/C15H23FO2/c1-2-3-4-5-6-7-8-15(17)18-14-11-9-13(16)10-12-14/h9-12,15,17H,2-8H2,1H3. The lowest BCUT2D eigenvalue weighted by Crippen LogP contribution is -2.15. The molecule has 0 aromatic heterocycles. The van der Waals surface area contributed by atoms with Crippen LogP contribution in [-0.2, 0) is 0 Å². The summed E-state index contributed by atoms with van der Waals surface area (Å²) < 4.78 is 17.9. The van der Waals surface area contributed by atoms with Crippen LogP contribution in [0.2, 0.25) is 0 Å². The van der Waals surface area contributed by atoms with Gasteiger partial charge in [0, 0.05) is 6.42 Å². The predicted octanol–water partition coefficient (Wildman–Crippen LogP) is 4.27. The van der Waals surface area contributed by atoms with Crippen LogP contribution in [0.25, 0.3) is 0 Å². The Kier molecular flexibility index (Phi) is 7.42. The van der Waals surface area contributed by atoms with Gasteiger partial charge in [-0.3, -0.25) is 0 Å². The molecule has 0 aliphatic rings. The summed E-state index contributed by atoms with van der Waals surface area (Å²) in [5.41, 5.74) is 0. The molecule has 1 unspecified atom stereocenters. The fourth-order valence-corrected chi connectivity index (χ4v) is 1.83. The van der Waals surface area contributed by atoms with Gasteiger partial charge in [0.25, 0.3) is 0 Å². The molecule has 3 heteroatoms. The number of hydrogen-bond donors (Lipinski definition) is 1. The molecular formula is C15H23FO2. The van der Waals surface area contributed by atoms with Crippen molar-refractivity contribution in [2.24, 2.45) is 0 Å². The quantitative estimate of drug-likeness (QED) is 0.526. The van der Waals surface area contributed by atoms with Gasteiger partial charge >= 0.3 is 0 Å². The summed E-state index contributed by atoms with van der Waals surface area (Å²) in [5, 5.41) is 9.66. The van der Waals surface area contributed by atoms with Crippen LogP contribution in [0.1, 0.15) is 51.9 Å². The van der Waals surface area contributed by atoms with Crippen molar-refractivity contribution >= 4 is 0 Å². The molecule has 0 fully saturated rings. The van der Waals surface area contributed by atoms with Crippen LogP contribution in [0, 0.1) is 5.82 Å². The Labute approximate surface area is 109 Å². The Hall–Kier alpha value is -1.09. The number of halogens is 1. The number of hydrogen-bond acceptors (Lipinski definition) is 2. The van der Waals surface area contributed by atoms with E-state index in [2.05, 4.69) is 6.92 Å². The second kappa shape index (κ2) is 8.92. The number of unbranched alkanes of at least 4 members (excludes halogenated alkanes) is 5. The van der Waals surface area contributed by atoms with Crippen molar-refractivity contribution in [3.8, 4) is 5.75 Å². The molecule has 1 rings (SSSR count). The third-order valence-electron chi connectivity index (χ3n) is 2.89. The molecule has 0 aliphatic carbocycles. The van der Waals surface area contributed by atoms with Crippen LogP contribution in [0.4, 0.5) is 4.39 Å². The first-order valence-electron chi connectivity index (χ1n) is 6.82. The summed E-state index contributed by atoms with van der Waals surface area (Å²) in [5.74, 6) is 0.211. The fourth-order valence-electron chi connectivity index (χ4n) is 1.83. The summed E-state index contributed by atoms with van der Waals surface area (Å²) in [6.07, 6.45) is 6.95. The van der Waals surface area contributed by atoms with E-state index >= 15 is 0 Å². The molecule has 1 N–H and O–H groups in total. The zero-order chi connectivity index (χ0) is 13.2. The highest BCUT2D eigenvalue weighted by molar-refractivity contribution is 5.22. The van der Waals surface area contributed by atoms with Crippen molar-refractivity contribution < 1.29 is 14.2 Å². The highest BCUT2D eigenvalue weighted by Crippen LogP contribution is 2.15. The molecule has 0 heterocycles.